The van der Waals surface area contributed by atoms with Crippen LogP contribution < -0.4 is 5.73 Å². The van der Waals surface area contributed by atoms with Crippen molar-refractivity contribution in [3.63, 3.8) is 0 Å². The van der Waals surface area contributed by atoms with Gasteiger partial charge in [0.2, 0.25) is 5.91 Å². The number of carbonyl (C=O) groups is 2. The molecule has 1 amide bonds. The summed E-state index contributed by atoms with van der Waals surface area (Å²) in [6, 6.07) is -1.63. The number of carbonyl (C=O) groups excluding carboxylic acids is 1. The number of nitrogens with two attached hydrogens (primary N) is 1. The molecule has 6 nitrogen and oxygen atoms in total. The lowest BCUT2D eigenvalue weighted by molar-refractivity contribution is -0.148. The number of thioether (sulfide) groups is 1. The van der Waals surface area contributed by atoms with Crippen LogP contribution in [-0.2, 0) is 9.59 Å². The molecule has 0 aromatic heterocycles. The minimum Gasteiger partial charge on any atom is -0.480 e. The van der Waals surface area contributed by atoms with Gasteiger partial charge in [0.25, 0.3) is 0 Å². The number of hydrogen-bond donors (Lipinski definition) is 3. The van der Waals surface area contributed by atoms with Crippen molar-refractivity contribution in [2.45, 2.75) is 31.0 Å². The van der Waals surface area contributed by atoms with Gasteiger partial charge in [-0.25, -0.2) is 4.79 Å². The zero-order chi connectivity index (χ0) is 13.0. The molecule has 1 heterocycles. The fourth-order valence-electron chi connectivity index (χ4n) is 1.87. The van der Waals surface area contributed by atoms with E-state index in [0.717, 1.165) is 5.75 Å². The first-order valence-corrected chi connectivity index (χ1v) is 6.82. The van der Waals surface area contributed by atoms with Crippen LogP contribution in [0.25, 0.3) is 0 Å². The number of nitrogens with zero attached hydrogens (tertiary/aromatic N) is 1. The smallest absolute Gasteiger partial charge is 0.326 e. The van der Waals surface area contributed by atoms with Crippen LogP contribution in [0.4, 0.5) is 0 Å². The number of β-amino-alcohol motifs (C(OH)–C–C–N with tert-alkyl or cyclic N) is 1. The van der Waals surface area contributed by atoms with Gasteiger partial charge in [0.05, 0.1) is 12.1 Å². The molecule has 0 spiro atoms. The molecule has 1 saturated heterocycles. The highest BCUT2D eigenvalue weighted by molar-refractivity contribution is 7.98. The van der Waals surface area contributed by atoms with Crippen molar-refractivity contribution in [2.24, 2.45) is 5.73 Å². The second-order valence-corrected chi connectivity index (χ2v) is 5.11. The number of likely N-dealkylation sites (tertiary alicyclic amines) is 1. The summed E-state index contributed by atoms with van der Waals surface area (Å²) in [7, 11) is 0. The average molecular weight is 262 g/mol. The molecule has 3 atom stereocenters. The zero-order valence-corrected chi connectivity index (χ0v) is 10.5. The molecule has 1 fully saturated rings. The Morgan fingerprint density at radius 2 is 2.24 bits per heavy atom. The zero-order valence-electron chi connectivity index (χ0n) is 9.70. The number of hydrogen-bond acceptors (Lipinski definition) is 5. The largest absolute Gasteiger partial charge is 0.480 e. The van der Waals surface area contributed by atoms with Crippen molar-refractivity contribution in [2.75, 3.05) is 18.6 Å². The van der Waals surface area contributed by atoms with Gasteiger partial charge in [0, 0.05) is 13.0 Å². The molecule has 4 N–H and O–H groups in total. The predicted molar refractivity (Wildman–Crippen MR) is 64.7 cm³/mol. The van der Waals surface area contributed by atoms with E-state index < -0.39 is 24.2 Å². The summed E-state index contributed by atoms with van der Waals surface area (Å²) in [5.74, 6) is -0.726. The van der Waals surface area contributed by atoms with Crippen LogP contribution in [0.2, 0.25) is 0 Å². The van der Waals surface area contributed by atoms with Gasteiger partial charge in [-0.05, 0) is 18.4 Å². The van der Waals surface area contributed by atoms with E-state index in [1.165, 1.54) is 4.90 Å². The van der Waals surface area contributed by atoms with Crippen LogP contribution in [-0.4, -0.2) is 63.7 Å². The van der Waals surface area contributed by atoms with E-state index in [1.807, 2.05) is 6.26 Å². The molecule has 0 aromatic rings. The van der Waals surface area contributed by atoms with Gasteiger partial charge in [-0.15, -0.1) is 0 Å². The first-order valence-electron chi connectivity index (χ1n) is 5.43. The number of carboxylic acids is 1. The Hall–Kier alpha value is -0.790. The van der Waals surface area contributed by atoms with Gasteiger partial charge in [-0.1, -0.05) is 0 Å². The summed E-state index contributed by atoms with van der Waals surface area (Å²) in [6.07, 6.45) is 1.74. The van der Waals surface area contributed by atoms with E-state index in [1.54, 1.807) is 11.8 Å². The Labute approximate surface area is 104 Å². The third-order valence-corrected chi connectivity index (χ3v) is 3.44. The summed E-state index contributed by atoms with van der Waals surface area (Å²) >= 11 is 1.58. The maximum absolute atomic E-state index is 11.9. The number of aliphatic carboxylic acids is 1. The fraction of sp³-hybridized carbons (Fsp3) is 0.800. The third kappa shape index (κ3) is 3.58. The van der Waals surface area contributed by atoms with E-state index in [0.29, 0.717) is 6.42 Å². The van der Waals surface area contributed by atoms with Gasteiger partial charge in [-0.3, -0.25) is 4.79 Å². The maximum atomic E-state index is 11.9. The number of rotatable bonds is 5. The predicted octanol–water partition coefficient (Wildman–Crippen LogP) is -0.887. The first kappa shape index (κ1) is 14.3. The molecule has 0 unspecified atom stereocenters. The molecule has 1 aliphatic heterocycles. The van der Waals surface area contributed by atoms with Crippen LogP contribution in [0.3, 0.4) is 0 Å². The SMILES string of the molecule is CSCC[C@H](N)C(=O)N1C[C@@H](O)C[C@H]1C(=O)O. The molecule has 1 rings (SSSR count). The minimum atomic E-state index is -1.09. The molecule has 1 aliphatic rings. The molecular weight excluding hydrogens is 244 g/mol. The van der Waals surface area contributed by atoms with E-state index in [2.05, 4.69) is 0 Å². The number of aliphatic hydroxyl groups excluding tert-OH is 1. The highest BCUT2D eigenvalue weighted by Gasteiger charge is 2.40. The van der Waals surface area contributed by atoms with E-state index in [9.17, 15) is 14.7 Å². The van der Waals surface area contributed by atoms with Gasteiger partial charge in [0.15, 0.2) is 0 Å². The molecule has 17 heavy (non-hydrogen) atoms. The Morgan fingerprint density at radius 1 is 1.59 bits per heavy atom. The maximum Gasteiger partial charge on any atom is 0.326 e. The quantitative estimate of drug-likeness (QED) is 0.594. The van der Waals surface area contributed by atoms with Gasteiger partial charge >= 0.3 is 5.97 Å². The topological polar surface area (TPSA) is 104 Å². The van der Waals surface area contributed by atoms with Crippen molar-refractivity contribution in [3.8, 4) is 0 Å². The van der Waals surface area contributed by atoms with Crippen LogP contribution in [0, 0.1) is 0 Å². The van der Waals surface area contributed by atoms with Gasteiger partial charge < -0.3 is 20.8 Å². The Balaban J connectivity index is 2.63. The number of carboxylic acid groups (broad SMARTS) is 1. The molecule has 0 radical (unpaired) electrons. The summed E-state index contributed by atoms with van der Waals surface area (Å²) in [4.78, 5) is 24.1. The van der Waals surface area contributed by atoms with Crippen LogP contribution in [0.1, 0.15) is 12.8 Å². The summed E-state index contributed by atoms with van der Waals surface area (Å²) in [6.45, 7) is 0.0583. The molecule has 0 aromatic carbocycles. The van der Waals surface area contributed by atoms with E-state index >= 15 is 0 Å². The Bertz CT molecular complexity index is 300. The van der Waals surface area contributed by atoms with Crippen molar-refractivity contribution >= 4 is 23.6 Å². The number of amides is 1. The summed E-state index contributed by atoms with van der Waals surface area (Å²) in [5, 5.41) is 18.4. The third-order valence-electron chi connectivity index (χ3n) is 2.80. The standard InChI is InChI=1S/C10H18N2O4S/c1-17-3-2-7(11)9(14)12-5-6(13)4-8(12)10(15)16/h6-8,13H,2-5,11H2,1H3,(H,15,16)/t6-,7-,8-/m0/s1. The van der Waals surface area contributed by atoms with Crippen LogP contribution in [0.15, 0.2) is 0 Å². The lowest BCUT2D eigenvalue weighted by atomic mass is 10.1. The van der Waals surface area contributed by atoms with Crippen LogP contribution in [0.5, 0.6) is 0 Å². The first-order chi connectivity index (χ1) is 7.97. The number of aliphatic hydroxyl groups is 1. The normalized spacial score (nSPS) is 25.9. The van der Waals surface area contributed by atoms with E-state index in [4.69, 9.17) is 10.8 Å². The molecular formula is C10H18N2O4S. The summed E-state index contributed by atoms with van der Waals surface area (Å²) < 4.78 is 0. The lowest BCUT2D eigenvalue weighted by Crippen LogP contribution is -2.48. The van der Waals surface area contributed by atoms with E-state index in [-0.39, 0.29) is 18.9 Å². The monoisotopic (exact) mass is 262 g/mol. The molecule has 0 aliphatic carbocycles. The second kappa shape index (κ2) is 6.23. The molecule has 0 bridgehead atoms. The van der Waals surface area contributed by atoms with Crippen molar-refractivity contribution < 1.29 is 19.8 Å². The van der Waals surface area contributed by atoms with Crippen molar-refractivity contribution in [3.05, 3.63) is 0 Å². The highest BCUT2D eigenvalue weighted by Crippen LogP contribution is 2.19. The Morgan fingerprint density at radius 3 is 2.76 bits per heavy atom. The molecule has 0 saturated carbocycles. The van der Waals surface area contributed by atoms with Gasteiger partial charge in [0.1, 0.15) is 6.04 Å². The van der Waals surface area contributed by atoms with Gasteiger partial charge in [-0.2, -0.15) is 11.8 Å². The fourth-order valence-corrected chi connectivity index (χ4v) is 2.36. The summed E-state index contributed by atoms with van der Waals surface area (Å²) in [5.41, 5.74) is 5.71. The molecule has 98 valence electrons. The van der Waals surface area contributed by atoms with Crippen LogP contribution >= 0.6 is 11.8 Å². The highest BCUT2D eigenvalue weighted by atomic mass is 32.2. The van der Waals surface area contributed by atoms with Crippen molar-refractivity contribution in [1.29, 1.82) is 0 Å². The average Bonchev–Trinajstić information content (AvgIpc) is 2.67. The Kier molecular flexibility index (Phi) is 5.23. The lowest BCUT2D eigenvalue weighted by Gasteiger charge is -2.24. The second-order valence-electron chi connectivity index (χ2n) is 4.12. The molecule has 7 heteroatoms. The van der Waals surface area contributed by atoms with Crippen molar-refractivity contribution in [1.82, 2.24) is 4.90 Å². The minimum absolute atomic E-state index is 0.0583.